The summed E-state index contributed by atoms with van der Waals surface area (Å²) in [7, 11) is 0. The molecule has 1 aliphatic heterocycles. The first-order valence-electron chi connectivity index (χ1n) is 21.4. The van der Waals surface area contributed by atoms with Crippen molar-refractivity contribution in [2.45, 2.75) is 225 Å². The Balaban J connectivity index is 2.77. The fourth-order valence-corrected chi connectivity index (χ4v) is 6.98. The second kappa shape index (κ2) is 30.7. The number of aliphatic hydroxyl groups excluding tert-OH is 3. The molecule has 4 atom stereocenters. The molecule has 0 aliphatic carbocycles. The zero-order chi connectivity index (χ0) is 37.7. The summed E-state index contributed by atoms with van der Waals surface area (Å²) < 4.78 is 6.02. The summed E-state index contributed by atoms with van der Waals surface area (Å²) in [6, 6.07) is -0.829. The highest BCUT2D eigenvalue weighted by Gasteiger charge is 2.42. The fourth-order valence-electron chi connectivity index (χ4n) is 6.98. The van der Waals surface area contributed by atoms with Crippen molar-refractivity contribution in [3.63, 3.8) is 0 Å². The summed E-state index contributed by atoms with van der Waals surface area (Å²) in [5.74, 6) is -0.464. The summed E-state index contributed by atoms with van der Waals surface area (Å²) in [5.41, 5.74) is 6.09. The Hall–Kier alpha value is -1.68. The van der Waals surface area contributed by atoms with Crippen LogP contribution in [0.25, 0.3) is 0 Å². The number of hydrogen-bond donors (Lipinski definition) is 5. The van der Waals surface area contributed by atoms with Crippen LogP contribution in [0.5, 0.6) is 0 Å². The lowest BCUT2D eigenvalue weighted by Gasteiger charge is -2.39. The Bertz CT molecular complexity index is 913. The fraction of sp³-hybridized carbons (Fsp3) is 0.905. The van der Waals surface area contributed by atoms with Crippen LogP contribution in [0, 0.1) is 5.92 Å². The molecule has 0 aromatic rings. The molecule has 0 saturated heterocycles. The molecule has 0 aromatic carbocycles. The predicted octanol–water partition coefficient (Wildman–Crippen LogP) is 8.77. The van der Waals surface area contributed by atoms with Crippen LogP contribution in [-0.4, -0.2) is 69.5 Å². The SMILES string of the molecule is CCCCCCCCCCCCCCCCCCN(C(=O)CCCCCCCCCCC)C1=C(NC(=O)[C@@H](N)CC(C)C)C(O)C(O)C(CO)O1. The number of carbonyl (C=O) groups is 2. The molecular weight excluding hydrogens is 642 g/mol. The number of ether oxygens (including phenoxy) is 1. The maximum absolute atomic E-state index is 13.8. The van der Waals surface area contributed by atoms with Gasteiger partial charge in [-0.15, -0.1) is 0 Å². The summed E-state index contributed by atoms with van der Waals surface area (Å²) in [6.07, 6.45) is 26.9. The molecule has 300 valence electrons. The van der Waals surface area contributed by atoms with Crippen molar-refractivity contribution in [2.75, 3.05) is 13.2 Å². The third-order valence-electron chi connectivity index (χ3n) is 10.3. The zero-order valence-electron chi connectivity index (χ0n) is 33.5. The van der Waals surface area contributed by atoms with Gasteiger partial charge in [0.05, 0.1) is 12.6 Å². The van der Waals surface area contributed by atoms with Crippen molar-refractivity contribution in [2.24, 2.45) is 11.7 Å². The van der Waals surface area contributed by atoms with Crippen molar-refractivity contribution >= 4 is 11.8 Å². The van der Waals surface area contributed by atoms with Gasteiger partial charge >= 0.3 is 0 Å². The van der Waals surface area contributed by atoms with E-state index in [1.54, 1.807) is 0 Å². The minimum absolute atomic E-state index is 0.0128. The number of nitrogens with two attached hydrogens (primary N) is 1. The molecule has 6 N–H and O–H groups in total. The highest BCUT2D eigenvalue weighted by molar-refractivity contribution is 5.84. The van der Waals surface area contributed by atoms with Gasteiger partial charge in [0.1, 0.15) is 17.9 Å². The number of unbranched alkanes of at least 4 members (excludes halogenated alkanes) is 23. The number of aliphatic hydroxyl groups is 3. The number of amides is 2. The van der Waals surface area contributed by atoms with Gasteiger partial charge in [-0.25, -0.2) is 0 Å². The van der Waals surface area contributed by atoms with Gasteiger partial charge in [-0.3, -0.25) is 14.5 Å². The maximum Gasteiger partial charge on any atom is 0.241 e. The van der Waals surface area contributed by atoms with Crippen LogP contribution in [0.3, 0.4) is 0 Å². The topological polar surface area (TPSA) is 145 Å². The standard InChI is InChI=1S/C42H81N3O6/c1-5-7-9-11-13-15-16-17-18-19-20-21-23-25-27-29-31-45(37(47)30-28-26-24-22-14-12-10-8-6-2)42-38(40(49)39(48)36(33-46)51-42)44-41(50)35(43)32-34(3)4/h34-36,39-40,46,48-49H,5-33,43H2,1-4H3,(H,44,50)/t35-,36?,39?,40?/m0/s1. The number of rotatable bonds is 33. The Labute approximate surface area is 312 Å². The molecule has 0 radical (unpaired) electrons. The van der Waals surface area contributed by atoms with E-state index in [1.165, 1.54) is 120 Å². The monoisotopic (exact) mass is 724 g/mol. The maximum atomic E-state index is 13.8. The first-order valence-corrected chi connectivity index (χ1v) is 21.4. The van der Waals surface area contributed by atoms with Gasteiger partial charge in [0.2, 0.25) is 17.7 Å². The average molecular weight is 724 g/mol. The van der Waals surface area contributed by atoms with Gasteiger partial charge in [-0.05, 0) is 25.2 Å². The smallest absolute Gasteiger partial charge is 0.241 e. The van der Waals surface area contributed by atoms with Crippen molar-refractivity contribution in [3.05, 3.63) is 11.6 Å². The Kier molecular flexibility index (Phi) is 28.5. The van der Waals surface area contributed by atoms with Crippen LogP contribution in [0.4, 0.5) is 0 Å². The summed E-state index contributed by atoms with van der Waals surface area (Å²) in [6.45, 7) is 8.24. The van der Waals surface area contributed by atoms with Gasteiger partial charge < -0.3 is 31.1 Å². The van der Waals surface area contributed by atoms with Crippen LogP contribution in [0.2, 0.25) is 0 Å². The quantitative estimate of drug-likeness (QED) is 0.0426. The largest absolute Gasteiger partial charge is 0.469 e. The summed E-state index contributed by atoms with van der Waals surface area (Å²) in [5, 5.41) is 34.5. The first kappa shape index (κ1) is 47.3. The third-order valence-corrected chi connectivity index (χ3v) is 10.3. The van der Waals surface area contributed by atoms with E-state index in [2.05, 4.69) is 19.2 Å². The molecule has 9 nitrogen and oxygen atoms in total. The van der Waals surface area contributed by atoms with Crippen LogP contribution in [0.1, 0.15) is 201 Å². The number of nitrogens with one attached hydrogen (secondary N) is 1. The summed E-state index contributed by atoms with van der Waals surface area (Å²) >= 11 is 0. The molecule has 1 rings (SSSR count). The molecule has 0 saturated carbocycles. The van der Waals surface area contributed by atoms with Crippen molar-refractivity contribution in [1.82, 2.24) is 10.2 Å². The van der Waals surface area contributed by atoms with Crippen LogP contribution < -0.4 is 11.1 Å². The van der Waals surface area contributed by atoms with Crippen molar-refractivity contribution in [3.8, 4) is 0 Å². The van der Waals surface area contributed by atoms with Crippen molar-refractivity contribution < 1.29 is 29.6 Å². The molecule has 1 aliphatic rings. The van der Waals surface area contributed by atoms with Gasteiger partial charge in [0.25, 0.3) is 0 Å². The van der Waals surface area contributed by atoms with Gasteiger partial charge in [-0.1, -0.05) is 175 Å². The first-order chi connectivity index (χ1) is 24.7. The molecule has 0 fully saturated rings. The normalized spacial score (nSPS) is 18.3. The van der Waals surface area contributed by atoms with E-state index >= 15 is 0 Å². The highest BCUT2D eigenvalue weighted by Crippen LogP contribution is 2.28. The lowest BCUT2D eigenvalue weighted by atomic mass is 10.00. The van der Waals surface area contributed by atoms with E-state index < -0.39 is 36.9 Å². The molecule has 1 heterocycles. The minimum Gasteiger partial charge on any atom is -0.469 e. The van der Waals surface area contributed by atoms with Gasteiger partial charge in [0.15, 0.2) is 6.10 Å². The highest BCUT2D eigenvalue weighted by atomic mass is 16.5. The number of nitrogens with zero attached hydrogens (tertiary/aromatic N) is 1. The zero-order valence-corrected chi connectivity index (χ0v) is 33.5. The second-order valence-corrected chi connectivity index (χ2v) is 15.6. The molecule has 0 aromatic heterocycles. The molecule has 0 bridgehead atoms. The lowest BCUT2D eigenvalue weighted by Crippen LogP contribution is -2.54. The minimum atomic E-state index is -1.55. The Morgan fingerprint density at radius 2 is 1.12 bits per heavy atom. The molecule has 0 spiro atoms. The average Bonchev–Trinajstić information content (AvgIpc) is 3.11. The van der Waals surface area contributed by atoms with E-state index in [1.807, 2.05) is 13.8 Å². The third kappa shape index (κ3) is 21.6. The lowest BCUT2D eigenvalue weighted by molar-refractivity contribution is -0.144. The van der Waals surface area contributed by atoms with Crippen LogP contribution >= 0.6 is 0 Å². The van der Waals surface area contributed by atoms with Crippen LogP contribution in [-0.2, 0) is 14.3 Å². The Morgan fingerprint density at radius 1 is 0.706 bits per heavy atom. The molecule has 51 heavy (non-hydrogen) atoms. The molecule has 3 unspecified atom stereocenters. The Morgan fingerprint density at radius 3 is 1.53 bits per heavy atom. The van der Waals surface area contributed by atoms with Crippen LogP contribution in [0.15, 0.2) is 11.6 Å². The number of hydrogen-bond acceptors (Lipinski definition) is 7. The molecular formula is C42H81N3O6. The number of carbonyl (C=O) groups excluding carboxylic acids is 2. The second-order valence-electron chi connectivity index (χ2n) is 15.6. The summed E-state index contributed by atoms with van der Waals surface area (Å²) in [4.78, 5) is 28.4. The van der Waals surface area contributed by atoms with E-state index in [0.717, 1.165) is 44.9 Å². The van der Waals surface area contributed by atoms with Gasteiger partial charge in [0, 0.05) is 13.0 Å². The van der Waals surface area contributed by atoms with Gasteiger partial charge in [-0.2, -0.15) is 0 Å². The van der Waals surface area contributed by atoms with E-state index in [0.29, 0.717) is 19.4 Å². The van der Waals surface area contributed by atoms with E-state index in [9.17, 15) is 24.9 Å². The molecule has 2 amide bonds. The predicted molar refractivity (Wildman–Crippen MR) is 210 cm³/mol. The van der Waals surface area contributed by atoms with E-state index in [-0.39, 0.29) is 23.4 Å². The van der Waals surface area contributed by atoms with E-state index in [4.69, 9.17) is 10.5 Å². The van der Waals surface area contributed by atoms with Crippen molar-refractivity contribution in [1.29, 1.82) is 0 Å². The molecule has 9 heteroatoms.